The van der Waals surface area contributed by atoms with E-state index in [1.807, 2.05) is 37.4 Å². The van der Waals surface area contributed by atoms with Crippen molar-refractivity contribution in [3.05, 3.63) is 73.1 Å². The SMILES string of the molecule is Cc1nc(N2CCC(O)CC2)ccc1C(=O)[I-]c1ccc(I2CC2)c(-c2ccccn2)c1. The van der Waals surface area contributed by atoms with Gasteiger partial charge in [0.05, 0.1) is 0 Å². The van der Waals surface area contributed by atoms with E-state index < -0.39 is 41.0 Å². The molecule has 0 aliphatic carbocycles. The van der Waals surface area contributed by atoms with Gasteiger partial charge in [-0.05, 0) is 0 Å². The van der Waals surface area contributed by atoms with E-state index in [0.717, 1.165) is 52.3 Å². The summed E-state index contributed by atoms with van der Waals surface area (Å²) in [6.07, 6.45) is 3.18. The van der Waals surface area contributed by atoms with Crippen LogP contribution >= 0.6 is 19.8 Å². The first-order valence-electron chi connectivity index (χ1n) is 10.9. The van der Waals surface area contributed by atoms with E-state index in [9.17, 15) is 9.90 Å². The van der Waals surface area contributed by atoms with Crippen molar-refractivity contribution >= 4 is 29.4 Å². The zero-order valence-electron chi connectivity index (χ0n) is 18.0. The Morgan fingerprint density at radius 2 is 1.94 bits per heavy atom. The standard InChI is InChI=1S/C25H26I2N3O2/c1-17-20(6-8-24(29-17)30-14-9-19(31)10-15-30)25(32)26-18-5-7-22(27-11-12-27)21(16-18)23-4-2-3-13-28-23/h2-8,13,16,19,31H,9-12,14-15H2,1H3/q-1. The zero-order valence-corrected chi connectivity index (χ0v) is 22.3. The van der Waals surface area contributed by atoms with Crippen LogP contribution in [0.25, 0.3) is 11.3 Å². The molecule has 1 aromatic carbocycles. The van der Waals surface area contributed by atoms with Crippen LogP contribution in [0.3, 0.4) is 0 Å². The summed E-state index contributed by atoms with van der Waals surface area (Å²) in [6, 6.07) is 16.7. The first-order chi connectivity index (χ1) is 15.6. The fourth-order valence-electron chi connectivity index (χ4n) is 3.92. The molecule has 32 heavy (non-hydrogen) atoms. The summed E-state index contributed by atoms with van der Waals surface area (Å²) in [5.74, 6) is 0.904. The number of benzene rings is 1. The number of piperidine rings is 1. The molecule has 3 aromatic rings. The summed E-state index contributed by atoms with van der Waals surface area (Å²) in [5, 5.41) is 9.74. The molecule has 0 unspecified atom stereocenters. The van der Waals surface area contributed by atoms with Crippen LogP contribution in [-0.2, 0) is 0 Å². The van der Waals surface area contributed by atoms with Crippen molar-refractivity contribution in [2.75, 3.05) is 26.8 Å². The molecule has 0 spiro atoms. The number of carbonyl (C=O) groups is 1. The van der Waals surface area contributed by atoms with Crippen molar-refractivity contribution in [1.82, 2.24) is 9.97 Å². The molecule has 168 valence electrons. The van der Waals surface area contributed by atoms with Crippen LogP contribution in [0.4, 0.5) is 5.82 Å². The Morgan fingerprint density at radius 1 is 1.12 bits per heavy atom. The number of anilines is 1. The van der Waals surface area contributed by atoms with Crippen LogP contribution in [0.2, 0.25) is 0 Å². The third kappa shape index (κ3) is 4.99. The molecule has 0 bridgehead atoms. The number of rotatable bonds is 6. The quantitative estimate of drug-likeness (QED) is 0.246. The van der Waals surface area contributed by atoms with Gasteiger partial charge in [-0.1, -0.05) is 0 Å². The van der Waals surface area contributed by atoms with E-state index in [2.05, 4.69) is 34.1 Å². The summed E-state index contributed by atoms with van der Waals surface area (Å²) in [7, 11) is 0. The monoisotopic (exact) mass is 654 g/mol. The molecule has 2 aliphatic heterocycles. The van der Waals surface area contributed by atoms with Crippen molar-refractivity contribution in [3.63, 3.8) is 0 Å². The molecule has 5 rings (SSSR count). The predicted molar refractivity (Wildman–Crippen MR) is 132 cm³/mol. The molecular weight excluding hydrogens is 628 g/mol. The minimum absolute atomic E-state index is 0.205. The Labute approximate surface area is 206 Å². The van der Waals surface area contributed by atoms with Gasteiger partial charge in [-0.3, -0.25) is 0 Å². The van der Waals surface area contributed by atoms with Crippen LogP contribution in [0.15, 0.2) is 54.7 Å². The molecule has 2 aromatic heterocycles. The van der Waals surface area contributed by atoms with Gasteiger partial charge in [-0.2, -0.15) is 0 Å². The van der Waals surface area contributed by atoms with Gasteiger partial charge in [0, 0.05) is 0 Å². The van der Waals surface area contributed by atoms with Crippen LogP contribution in [0.1, 0.15) is 28.9 Å². The molecule has 2 fully saturated rings. The molecule has 5 nitrogen and oxygen atoms in total. The van der Waals surface area contributed by atoms with Gasteiger partial charge in [0.25, 0.3) is 0 Å². The number of hydrogen-bond acceptors (Lipinski definition) is 5. The topological polar surface area (TPSA) is 66.3 Å². The number of pyridine rings is 2. The Balaban J connectivity index is 1.36. The number of hydrogen-bond donors (Lipinski definition) is 1. The summed E-state index contributed by atoms with van der Waals surface area (Å²) in [4.78, 5) is 24.7. The predicted octanol–water partition coefficient (Wildman–Crippen LogP) is 1.20. The van der Waals surface area contributed by atoms with Gasteiger partial charge in [0.1, 0.15) is 0 Å². The van der Waals surface area contributed by atoms with E-state index >= 15 is 0 Å². The first-order valence-corrected chi connectivity index (χ1v) is 17.1. The summed E-state index contributed by atoms with van der Waals surface area (Å²) < 4.78 is 5.65. The van der Waals surface area contributed by atoms with E-state index in [1.54, 1.807) is 0 Å². The van der Waals surface area contributed by atoms with E-state index in [1.165, 1.54) is 18.0 Å². The van der Waals surface area contributed by atoms with E-state index in [0.29, 0.717) is 0 Å². The third-order valence-electron chi connectivity index (χ3n) is 5.80. The molecule has 2 aliphatic rings. The third-order valence-corrected chi connectivity index (χ3v) is 12.9. The van der Waals surface area contributed by atoms with Gasteiger partial charge in [-0.25, -0.2) is 0 Å². The minimum atomic E-state index is -0.959. The molecule has 0 radical (unpaired) electrons. The Bertz CT molecular complexity index is 1130. The van der Waals surface area contributed by atoms with Crippen molar-refractivity contribution < 1.29 is 31.1 Å². The maximum absolute atomic E-state index is 13.2. The fraction of sp³-hybridized carbons (Fsp3) is 0.320. The van der Waals surface area contributed by atoms with Crippen molar-refractivity contribution in [1.29, 1.82) is 0 Å². The Hall–Kier alpha value is -1.59. The second kappa shape index (κ2) is 9.72. The number of aliphatic hydroxyl groups is 1. The Morgan fingerprint density at radius 3 is 2.62 bits per heavy atom. The molecule has 0 amide bonds. The first kappa shape index (κ1) is 22.2. The van der Waals surface area contributed by atoms with Crippen molar-refractivity contribution in [2.45, 2.75) is 25.9 Å². The Kier molecular flexibility index (Phi) is 6.75. The number of carbonyl (C=O) groups excluding carboxylic acids is 1. The molecule has 2 saturated heterocycles. The molecule has 4 heterocycles. The number of aliphatic hydroxyl groups excluding tert-OH is 1. The summed E-state index contributed by atoms with van der Waals surface area (Å²) in [6.45, 7) is 3.55. The van der Waals surface area contributed by atoms with Gasteiger partial charge >= 0.3 is 208 Å². The average Bonchev–Trinajstić information content (AvgIpc) is 3.65. The van der Waals surface area contributed by atoms with Gasteiger partial charge in [-0.15, -0.1) is 0 Å². The van der Waals surface area contributed by atoms with Crippen LogP contribution in [0, 0.1) is 14.1 Å². The van der Waals surface area contributed by atoms with Crippen molar-refractivity contribution in [2.24, 2.45) is 0 Å². The van der Waals surface area contributed by atoms with E-state index in [4.69, 9.17) is 4.98 Å². The van der Waals surface area contributed by atoms with Crippen LogP contribution in [-0.4, -0.2) is 46.9 Å². The zero-order chi connectivity index (χ0) is 22.1. The number of nitrogens with zero attached hydrogens (tertiary/aromatic N) is 3. The average molecular weight is 654 g/mol. The van der Waals surface area contributed by atoms with Gasteiger partial charge in [0.2, 0.25) is 0 Å². The molecule has 1 N–H and O–H groups in total. The second-order valence-corrected chi connectivity index (χ2v) is 16.8. The number of aromatic nitrogens is 2. The van der Waals surface area contributed by atoms with Crippen LogP contribution < -0.4 is 26.1 Å². The second-order valence-electron chi connectivity index (χ2n) is 8.06. The van der Waals surface area contributed by atoms with Crippen molar-refractivity contribution in [3.8, 4) is 11.3 Å². The van der Waals surface area contributed by atoms with Gasteiger partial charge < -0.3 is 0 Å². The number of aryl methyl sites for hydroxylation is 1. The fourth-order valence-corrected chi connectivity index (χ4v) is 10.9. The molecule has 0 saturated carbocycles. The molecule has 0 atom stereocenters. The van der Waals surface area contributed by atoms with E-state index in [-0.39, 0.29) is 9.89 Å². The number of halogens is 2. The molecule has 7 heteroatoms. The van der Waals surface area contributed by atoms with Gasteiger partial charge in [0.15, 0.2) is 0 Å². The van der Waals surface area contributed by atoms with Crippen LogP contribution in [0.5, 0.6) is 0 Å². The summed E-state index contributed by atoms with van der Waals surface area (Å²) in [5.41, 5.74) is 3.81. The normalized spacial score (nSPS) is 17.6. The number of alkyl halides is 2. The molecular formula is C25H26I2N3O2-. The maximum atomic E-state index is 13.2. The summed E-state index contributed by atoms with van der Waals surface area (Å²) >= 11 is -1.78.